The van der Waals surface area contributed by atoms with Gasteiger partial charge >= 0.3 is 0 Å². The monoisotopic (exact) mass is 394 g/mol. The van der Waals surface area contributed by atoms with Gasteiger partial charge in [-0.05, 0) is 64.6 Å². The van der Waals surface area contributed by atoms with Gasteiger partial charge < -0.3 is 15.5 Å². The third-order valence-corrected chi connectivity index (χ3v) is 4.22. The SMILES string of the molecule is CCNC(=NCCC1CCN(CC)CC1)NC1CC1.I. The molecule has 0 atom stereocenters. The van der Waals surface area contributed by atoms with E-state index < -0.39 is 0 Å². The Kier molecular flexibility index (Phi) is 8.84. The number of likely N-dealkylation sites (tertiary alicyclic amines) is 1. The van der Waals surface area contributed by atoms with Gasteiger partial charge in [0, 0.05) is 19.1 Å². The van der Waals surface area contributed by atoms with Crippen molar-refractivity contribution in [3.8, 4) is 0 Å². The molecule has 118 valence electrons. The Balaban J connectivity index is 0.00000200. The Bertz CT molecular complexity index is 284. The van der Waals surface area contributed by atoms with Gasteiger partial charge in [-0.25, -0.2) is 0 Å². The summed E-state index contributed by atoms with van der Waals surface area (Å²) in [7, 11) is 0. The van der Waals surface area contributed by atoms with E-state index >= 15 is 0 Å². The van der Waals surface area contributed by atoms with Crippen molar-refractivity contribution >= 4 is 29.9 Å². The number of hydrogen-bond donors (Lipinski definition) is 2. The molecule has 4 nitrogen and oxygen atoms in total. The molecule has 2 aliphatic rings. The second kappa shape index (κ2) is 9.82. The number of rotatable bonds is 6. The van der Waals surface area contributed by atoms with E-state index in [-0.39, 0.29) is 24.0 Å². The second-order valence-corrected chi connectivity index (χ2v) is 5.85. The average molecular weight is 394 g/mol. The molecule has 0 bridgehead atoms. The van der Waals surface area contributed by atoms with Gasteiger partial charge in [0.1, 0.15) is 0 Å². The van der Waals surface area contributed by atoms with Crippen molar-refractivity contribution in [1.82, 2.24) is 15.5 Å². The molecule has 0 aromatic rings. The Labute approximate surface area is 141 Å². The minimum absolute atomic E-state index is 0. The summed E-state index contributed by atoms with van der Waals surface area (Å²) in [6.07, 6.45) is 6.57. The summed E-state index contributed by atoms with van der Waals surface area (Å²) in [6, 6.07) is 0.686. The van der Waals surface area contributed by atoms with Gasteiger partial charge in [-0.2, -0.15) is 0 Å². The number of piperidine rings is 1. The van der Waals surface area contributed by atoms with Crippen molar-refractivity contribution in [3.05, 3.63) is 0 Å². The molecule has 0 aromatic carbocycles. The third-order valence-electron chi connectivity index (χ3n) is 4.22. The van der Waals surface area contributed by atoms with Crippen LogP contribution in [0.15, 0.2) is 4.99 Å². The molecule has 1 saturated carbocycles. The van der Waals surface area contributed by atoms with E-state index in [1.807, 2.05) is 0 Å². The first-order valence-corrected chi connectivity index (χ1v) is 8.09. The zero-order chi connectivity index (χ0) is 13.5. The maximum Gasteiger partial charge on any atom is 0.191 e. The summed E-state index contributed by atoms with van der Waals surface area (Å²) >= 11 is 0. The smallest absolute Gasteiger partial charge is 0.191 e. The van der Waals surface area contributed by atoms with Crippen LogP contribution >= 0.6 is 24.0 Å². The molecule has 1 aliphatic carbocycles. The van der Waals surface area contributed by atoms with Crippen LogP contribution in [0.2, 0.25) is 0 Å². The minimum atomic E-state index is 0. The molecule has 1 heterocycles. The first-order chi connectivity index (χ1) is 9.31. The molecule has 0 amide bonds. The number of halogens is 1. The van der Waals surface area contributed by atoms with Crippen LogP contribution in [0, 0.1) is 5.92 Å². The summed E-state index contributed by atoms with van der Waals surface area (Å²) in [5, 5.41) is 6.81. The quantitative estimate of drug-likeness (QED) is 0.413. The second-order valence-electron chi connectivity index (χ2n) is 5.85. The van der Waals surface area contributed by atoms with Crippen LogP contribution in [0.5, 0.6) is 0 Å². The normalized spacial score (nSPS) is 21.4. The molecule has 5 heteroatoms. The lowest BCUT2D eigenvalue weighted by Gasteiger charge is -2.30. The van der Waals surface area contributed by atoms with Crippen molar-refractivity contribution in [2.24, 2.45) is 10.9 Å². The topological polar surface area (TPSA) is 39.7 Å². The number of aliphatic imine (C=N–C) groups is 1. The maximum atomic E-state index is 4.71. The van der Waals surface area contributed by atoms with Gasteiger partial charge in [0.15, 0.2) is 5.96 Å². The van der Waals surface area contributed by atoms with E-state index in [9.17, 15) is 0 Å². The molecule has 1 aliphatic heterocycles. The maximum absolute atomic E-state index is 4.71. The Hall–Kier alpha value is -0.0400. The minimum Gasteiger partial charge on any atom is -0.357 e. The highest BCUT2D eigenvalue weighted by Crippen LogP contribution is 2.20. The van der Waals surface area contributed by atoms with Gasteiger partial charge in [0.05, 0.1) is 0 Å². The first kappa shape index (κ1) is 18.0. The van der Waals surface area contributed by atoms with E-state index in [1.165, 1.54) is 51.7 Å². The van der Waals surface area contributed by atoms with E-state index in [0.717, 1.165) is 25.0 Å². The van der Waals surface area contributed by atoms with E-state index in [2.05, 4.69) is 29.4 Å². The highest BCUT2D eigenvalue weighted by molar-refractivity contribution is 14.0. The van der Waals surface area contributed by atoms with Crippen molar-refractivity contribution in [3.63, 3.8) is 0 Å². The van der Waals surface area contributed by atoms with Crippen molar-refractivity contribution in [1.29, 1.82) is 0 Å². The van der Waals surface area contributed by atoms with Crippen molar-refractivity contribution < 1.29 is 0 Å². The molecule has 0 spiro atoms. The molecule has 2 rings (SSSR count). The third kappa shape index (κ3) is 6.61. The Morgan fingerprint density at radius 2 is 1.85 bits per heavy atom. The molecule has 2 N–H and O–H groups in total. The Morgan fingerprint density at radius 1 is 1.15 bits per heavy atom. The summed E-state index contributed by atoms with van der Waals surface area (Å²) in [4.78, 5) is 7.26. The fraction of sp³-hybridized carbons (Fsp3) is 0.933. The van der Waals surface area contributed by atoms with Crippen LogP contribution in [-0.4, -0.2) is 49.6 Å². The van der Waals surface area contributed by atoms with Crippen molar-refractivity contribution in [2.45, 2.75) is 52.0 Å². The van der Waals surface area contributed by atoms with E-state index in [4.69, 9.17) is 4.99 Å². The lowest BCUT2D eigenvalue weighted by molar-refractivity contribution is 0.188. The lowest BCUT2D eigenvalue weighted by atomic mass is 9.94. The van der Waals surface area contributed by atoms with E-state index in [0.29, 0.717) is 6.04 Å². The number of nitrogens with one attached hydrogen (secondary N) is 2. The standard InChI is InChI=1S/C15H30N4.HI/c1-3-16-15(18-14-5-6-14)17-10-7-13-8-11-19(4-2)12-9-13;/h13-14H,3-12H2,1-2H3,(H2,16,17,18);1H. The summed E-state index contributed by atoms with van der Waals surface area (Å²) < 4.78 is 0. The van der Waals surface area contributed by atoms with Gasteiger partial charge in [-0.1, -0.05) is 6.92 Å². The van der Waals surface area contributed by atoms with Crippen LogP contribution in [0.1, 0.15) is 46.0 Å². The average Bonchev–Trinajstić information content (AvgIpc) is 3.24. The Morgan fingerprint density at radius 3 is 2.40 bits per heavy atom. The molecule has 1 saturated heterocycles. The fourth-order valence-corrected chi connectivity index (χ4v) is 2.69. The van der Waals surface area contributed by atoms with Crippen LogP contribution in [0.4, 0.5) is 0 Å². The molecular formula is C15H31IN4. The van der Waals surface area contributed by atoms with Gasteiger partial charge in [0.25, 0.3) is 0 Å². The predicted octanol–water partition coefficient (Wildman–Crippen LogP) is 2.44. The van der Waals surface area contributed by atoms with Crippen LogP contribution in [0.25, 0.3) is 0 Å². The summed E-state index contributed by atoms with van der Waals surface area (Å²) in [5.74, 6) is 1.91. The number of guanidine groups is 1. The highest BCUT2D eigenvalue weighted by atomic mass is 127. The summed E-state index contributed by atoms with van der Waals surface area (Å²) in [6.45, 7) is 10.1. The van der Waals surface area contributed by atoms with Gasteiger partial charge in [-0.15, -0.1) is 24.0 Å². The zero-order valence-corrected chi connectivity index (χ0v) is 15.4. The molecule has 0 radical (unpaired) electrons. The largest absolute Gasteiger partial charge is 0.357 e. The number of hydrogen-bond acceptors (Lipinski definition) is 2. The zero-order valence-electron chi connectivity index (χ0n) is 13.0. The van der Waals surface area contributed by atoms with Crippen LogP contribution in [0.3, 0.4) is 0 Å². The molecule has 0 unspecified atom stereocenters. The highest BCUT2D eigenvalue weighted by Gasteiger charge is 2.22. The fourth-order valence-electron chi connectivity index (χ4n) is 2.69. The van der Waals surface area contributed by atoms with Gasteiger partial charge in [-0.3, -0.25) is 4.99 Å². The predicted molar refractivity (Wildman–Crippen MR) is 97.0 cm³/mol. The molecular weight excluding hydrogens is 363 g/mol. The summed E-state index contributed by atoms with van der Waals surface area (Å²) in [5.41, 5.74) is 0. The first-order valence-electron chi connectivity index (χ1n) is 8.09. The van der Waals surface area contributed by atoms with Crippen LogP contribution in [-0.2, 0) is 0 Å². The van der Waals surface area contributed by atoms with E-state index in [1.54, 1.807) is 0 Å². The molecule has 0 aromatic heterocycles. The van der Waals surface area contributed by atoms with Crippen molar-refractivity contribution in [2.75, 3.05) is 32.7 Å². The molecule has 20 heavy (non-hydrogen) atoms. The van der Waals surface area contributed by atoms with Crippen LogP contribution < -0.4 is 10.6 Å². The number of nitrogens with zero attached hydrogens (tertiary/aromatic N) is 2. The molecule has 2 fully saturated rings. The lowest BCUT2D eigenvalue weighted by Crippen LogP contribution is -2.38. The van der Waals surface area contributed by atoms with Gasteiger partial charge in [0.2, 0.25) is 0 Å².